The molecule has 1 aromatic heterocycles. The van der Waals surface area contributed by atoms with Crippen LogP contribution in [0.1, 0.15) is 10.4 Å². The molecule has 0 fully saturated rings. The van der Waals surface area contributed by atoms with Crippen molar-refractivity contribution in [1.82, 2.24) is 20.2 Å². The van der Waals surface area contributed by atoms with Crippen LogP contribution in [0, 0.1) is 11.6 Å². The maximum absolute atomic E-state index is 13.1. The second-order valence-electron chi connectivity index (χ2n) is 4.39. The zero-order valence-corrected chi connectivity index (χ0v) is 11.1. The molecule has 0 aliphatic rings. The van der Waals surface area contributed by atoms with Crippen LogP contribution in [-0.4, -0.2) is 26.1 Å². The number of amides is 1. The summed E-state index contributed by atoms with van der Waals surface area (Å²) in [5.41, 5.74) is 1.14. The normalized spacial score (nSPS) is 10.5. The minimum Gasteiger partial charge on any atom is -0.322 e. The van der Waals surface area contributed by atoms with Gasteiger partial charge in [-0.05, 0) is 46.8 Å². The largest absolute Gasteiger partial charge is 0.322 e. The number of aromatic nitrogens is 4. The van der Waals surface area contributed by atoms with E-state index in [2.05, 4.69) is 20.8 Å². The second kappa shape index (κ2) is 5.68. The Morgan fingerprint density at radius 1 is 1.09 bits per heavy atom. The Labute approximate surface area is 123 Å². The highest BCUT2D eigenvalue weighted by Gasteiger charge is 2.10. The summed E-state index contributed by atoms with van der Waals surface area (Å²) in [6.07, 6.45) is 1.41. The summed E-state index contributed by atoms with van der Waals surface area (Å²) < 4.78 is 27.4. The molecule has 0 spiro atoms. The highest BCUT2D eigenvalue weighted by Crippen LogP contribution is 2.15. The van der Waals surface area contributed by atoms with Crippen molar-refractivity contribution in [2.24, 2.45) is 0 Å². The lowest BCUT2D eigenvalue weighted by Crippen LogP contribution is -2.12. The van der Waals surface area contributed by atoms with Crippen LogP contribution in [0.3, 0.4) is 0 Å². The van der Waals surface area contributed by atoms with Crippen molar-refractivity contribution in [1.29, 1.82) is 0 Å². The third-order valence-corrected chi connectivity index (χ3v) is 2.90. The maximum atomic E-state index is 13.1. The van der Waals surface area contributed by atoms with Crippen LogP contribution < -0.4 is 5.32 Å². The molecule has 0 unspecified atom stereocenters. The number of benzene rings is 2. The van der Waals surface area contributed by atoms with E-state index in [1.54, 1.807) is 24.3 Å². The van der Waals surface area contributed by atoms with Gasteiger partial charge in [-0.15, -0.1) is 5.10 Å². The molecule has 0 atom stereocenters. The summed E-state index contributed by atoms with van der Waals surface area (Å²) in [6, 6.07) is 9.72. The van der Waals surface area contributed by atoms with E-state index >= 15 is 0 Å². The van der Waals surface area contributed by atoms with Gasteiger partial charge in [0.1, 0.15) is 6.33 Å². The fourth-order valence-electron chi connectivity index (χ4n) is 1.85. The predicted molar refractivity (Wildman–Crippen MR) is 73.5 cm³/mol. The van der Waals surface area contributed by atoms with Gasteiger partial charge >= 0.3 is 0 Å². The lowest BCUT2D eigenvalue weighted by atomic mass is 10.2. The van der Waals surface area contributed by atoms with Crippen LogP contribution >= 0.6 is 0 Å². The molecule has 0 saturated heterocycles. The Kier molecular flexibility index (Phi) is 3.57. The molecule has 1 N–H and O–H groups in total. The van der Waals surface area contributed by atoms with Crippen molar-refractivity contribution in [3.05, 3.63) is 66.0 Å². The summed E-state index contributed by atoms with van der Waals surface area (Å²) in [4.78, 5) is 12.0. The number of nitrogens with zero attached hydrogens (tertiary/aromatic N) is 4. The molecule has 8 heteroatoms. The van der Waals surface area contributed by atoms with E-state index in [-0.39, 0.29) is 5.56 Å². The van der Waals surface area contributed by atoms with Crippen molar-refractivity contribution >= 4 is 11.6 Å². The topological polar surface area (TPSA) is 72.7 Å². The zero-order valence-electron chi connectivity index (χ0n) is 11.1. The standard InChI is InChI=1S/C14H9F2N5O/c15-12-5-4-9(6-13(12)16)14(22)18-10-2-1-3-11(7-10)21-8-17-19-20-21/h1-8H,(H,18,22). The maximum Gasteiger partial charge on any atom is 0.255 e. The van der Waals surface area contributed by atoms with Gasteiger partial charge in [0.15, 0.2) is 11.6 Å². The first-order valence-electron chi connectivity index (χ1n) is 6.23. The highest BCUT2D eigenvalue weighted by molar-refractivity contribution is 6.04. The SMILES string of the molecule is O=C(Nc1cccc(-n2cnnn2)c1)c1ccc(F)c(F)c1. The molecule has 2 aromatic carbocycles. The van der Waals surface area contributed by atoms with E-state index in [0.29, 0.717) is 11.4 Å². The Bertz CT molecular complexity index is 820. The van der Waals surface area contributed by atoms with Crippen LogP contribution in [0.5, 0.6) is 0 Å². The molecule has 0 bridgehead atoms. The summed E-state index contributed by atoms with van der Waals surface area (Å²) in [6.45, 7) is 0. The molecular formula is C14H9F2N5O. The average Bonchev–Trinajstić information content (AvgIpc) is 3.04. The molecule has 0 aliphatic carbocycles. The number of nitrogens with one attached hydrogen (secondary N) is 1. The monoisotopic (exact) mass is 301 g/mol. The first-order valence-corrected chi connectivity index (χ1v) is 6.23. The molecular weight excluding hydrogens is 292 g/mol. The van der Waals surface area contributed by atoms with Gasteiger partial charge in [-0.25, -0.2) is 13.5 Å². The van der Waals surface area contributed by atoms with Gasteiger partial charge in [0, 0.05) is 11.3 Å². The molecule has 110 valence electrons. The minimum atomic E-state index is -1.07. The predicted octanol–water partition coefficient (Wildman–Crippen LogP) is 2.19. The molecule has 0 radical (unpaired) electrons. The smallest absolute Gasteiger partial charge is 0.255 e. The van der Waals surface area contributed by atoms with Crippen molar-refractivity contribution in [3.8, 4) is 5.69 Å². The van der Waals surface area contributed by atoms with E-state index in [4.69, 9.17) is 0 Å². The number of hydrogen-bond donors (Lipinski definition) is 1. The summed E-state index contributed by atoms with van der Waals surface area (Å²) in [5.74, 6) is -2.62. The van der Waals surface area contributed by atoms with Crippen LogP contribution in [0.15, 0.2) is 48.8 Å². The minimum absolute atomic E-state index is 0.0201. The van der Waals surface area contributed by atoms with Crippen LogP contribution in [0.25, 0.3) is 5.69 Å². The fourth-order valence-corrected chi connectivity index (χ4v) is 1.85. The highest BCUT2D eigenvalue weighted by atomic mass is 19.2. The lowest BCUT2D eigenvalue weighted by molar-refractivity contribution is 0.102. The number of halogens is 2. The molecule has 6 nitrogen and oxygen atoms in total. The molecule has 1 amide bonds. The van der Waals surface area contributed by atoms with Gasteiger partial charge in [0.25, 0.3) is 5.91 Å². The van der Waals surface area contributed by atoms with Crippen molar-refractivity contribution in [2.45, 2.75) is 0 Å². The van der Waals surface area contributed by atoms with Crippen LogP contribution in [0.4, 0.5) is 14.5 Å². The number of hydrogen-bond acceptors (Lipinski definition) is 4. The fraction of sp³-hybridized carbons (Fsp3) is 0. The van der Waals surface area contributed by atoms with E-state index in [9.17, 15) is 13.6 Å². The Morgan fingerprint density at radius 2 is 1.95 bits per heavy atom. The van der Waals surface area contributed by atoms with Gasteiger partial charge in [-0.1, -0.05) is 6.07 Å². The first kappa shape index (κ1) is 13.8. The van der Waals surface area contributed by atoms with Gasteiger partial charge in [-0.2, -0.15) is 0 Å². The van der Waals surface area contributed by atoms with E-state index in [1.165, 1.54) is 17.1 Å². The molecule has 1 heterocycles. The quantitative estimate of drug-likeness (QED) is 0.805. The molecule has 3 rings (SSSR count). The van der Waals surface area contributed by atoms with Crippen LogP contribution in [-0.2, 0) is 0 Å². The molecule has 22 heavy (non-hydrogen) atoms. The number of anilines is 1. The van der Waals surface area contributed by atoms with Gasteiger partial charge < -0.3 is 5.32 Å². The number of carbonyl (C=O) groups is 1. The third-order valence-electron chi connectivity index (χ3n) is 2.90. The van der Waals surface area contributed by atoms with Crippen molar-refractivity contribution in [3.63, 3.8) is 0 Å². The number of carbonyl (C=O) groups excluding carboxylic acids is 1. The zero-order chi connectivity index (χ0) is 15.5. The van der Waals surface area contributed by atoms with E-state index < -0.39 is 17.5 Å². The first-order chi connectivity index (χ1) is 10.6. The lowest BCUT2D eigenvalue weighted by Gasteiger charge is -2.07. The molecule has 3 aromatic rings. The molecule has 0 saturated carbocycles. The number of tetrazole rings is 1. The second-order valence-corrected chi connectivity index (χ2v) is 4.39. The summed E-state index contributed by atoms with van der Waals surface area (Å²) in [7, 11) is 0. The Hall–Kier alpha value is -3.16. The van der Waals surface area contributed by atoms with Gasteiger partial charge in [-0.3, -0.25) is 4.79 Å². The van der Waals surface area contributed by atoms with Gasteiger partial charge in [0.05, 0.1) is 5.69 Å². The van der Waals surface area contributed by atoms with Crippen LogP contribution in [0.2, 0.25) is 0 Å². The number of rotatable bonds is 3. The Balaban J connectivity index is 1.82. The van der Waals surface area contributed by atoms with E-state index in [1.807, 2.05) is 0 Å². The summed E-state index contributed by atoms with van der Waals surface area (Å²) in [5, 5.41) is 13.4. The van der Waals surface area contributed by atoms with Gasteiger partial charge in [0.2, 0.25) is 0 Å². The average molecular weight is 301 g/mol. The van der Waals surface area contributed by atoms with Crippen molar-refractivity contribution in [2.75, 3.05) is 5.32 Å². The van der Waals surface area contributed by atoms with E-state index in [0.717, 1.165) is 12.1 Å². The summed E-state index contributed by atoms with van der Waals surface area (Å²) >= 11 is 0. The third kappa shape index (κ3) is 2.80. The Morgan fingerprint density at radius 3 is 2.68 bits per heavy atom. The molecule has 0 aliphatic heterocycles. The van der Waals surface area contributed by atoms with Crippen molar-refractivity contribution < 1.29 is 13.6 Å².